The first-order chi connectivity index (χ1) is 14.0. The van der Waals surface area contributed by atoms with E-state index >= 15 is 0 Å². The molecule has 1 fully saturated rings. The number of H-pyrrole nitrogens is 1. The number of alkyl halides is 1. The van der Waals surface area contributed by atoms with Gasteiger partial charge >= 0.3 is 0 Å². The first kappa shape index (κ1) is 20.1. The summed E-state index contributed by atoms with van der Waals surface area (Å²) < 4.78 is 13.0. The average molecular weight is 394 g/mol. The van der Waals surface area contributed by atoms with Crippen molar-refractivity contribution >= 4 is 10.9 Å². The maximum Gasteiger partial charge on any atom is 0.105 e. The lowest BCUT2D eigenvalue weighted by molar-refractivity contribution is 0.140. The third kappa shape index (κ3) is 3.95. The smallest absolute Gasteiger partial charge is 0.105 e. The lowest BCUT2D eigenvalue weighted by Crippen LogP contribution is -2.40. The predicted octanol–water partition coefficient (Wildman–Crippen LogP) is 6.20. The Labute approximate surface area is 173 Å². The molecule has 0 saturated carbocycles. The zero-order chi connectivity index (χ0) is 20.5. The minimum Gasteiger partial charge on any atom is -0.354 e. The number of likely N-dealkylation sites (tertiary alicyclic amines) is 1. The fourth-order valence-corrected chi connectivity index (χ4v) is 4.78. The second-order valence-electron chi connectivity index (χ2n) is 8.87. The molecule has 0 amide bonds. The van der Waals surface area contributed by atoms with Crippen LogP contribution in [0, 0.1) is 6.92 Å². The summed E-state index contributed by atoms with van der Waals surface area (Å²) in [4.78, 5) is 10.3. The molecule has 29 heavy (non-hydrogen) atoms. The first-order valence-electron chi connectivity index (χ1n) is 10.9. The van der Waals surface area contributed by atoms with Crippen molar-refractivity contribution in [2.24, 2.45) is 0 Å². The van der Waals surface area contributed by atoms with Gasteiger partial charge in [0.1, 0.15) is 6.67 Å². The van der Waals surface area contributed by atoms with Crippen LogP contribution in [0.4, 0.5) is 4.39 Å². The summed E-state index contributed by atoms with van der Waals surface area (Å²) in [5.74, 6) is 0.985. The molecule has 1 unspecified atom stereocenters. The summed E-state index contributed by atoms with van der Waals surface area (Å²) in [6, 6.07) is 11.2. The number of aromatic nitrogens is 2. The van der Waals surface area contributed by atoms with Gasteiger partial charge in [-0.25, -0.2) is 4.39 Å². The van der Waals surface area contributed by atoms with Gasteiger partial charge in [0, 0.05) is 34.4 Å². The third-order valence-electron chi connectivity index (χ3n) is 6.47. The minimum atomic E-state index is -0.255. The van der Waals surface area contributed by atoms with Gasteiger partial charge < -0.3 is 4.98 Å². The van der Waals surface area contributed by atoms with Crippen LogP contribution in [-0.4, -0.2) is 40.7 Å². The number of hydrogen-bond donors (Lipinski definition) is 1. The Morgan fingerprint density at radius 3 is 2.55 bits per heavy atom. The molecule has 3 heterocycles. The van der Waals surface area contributed by atoms with Crippen LogP contribution < -0.4 is 0 Å². The van der Waals surface area contributed by atoms with Crippen LogP contribution in [-0.2, 0) is 0 Å². The monoisotopic (exact) mass is 393 g/mol. The molecular formula is C25H32FN3. The largest absolute Gasteiger partial charge is 0.354 e. The van der Waals surface area contributed by atoms with E-state index < -0.39 is 0 Å². The topological polar surface area (TPSA) is 31.9 Å². The van der Waals surface area contributed by atoms with Gasteiger partial charge in [-0.05, 0) is 87.0 Å². The van der Waals surface area contributed by atoms with E-state index in [0.717, 1.165) is 31.6 Å². The van der Waals surface area contributed by atoms with Gasteiger partial charge in [0.2, 0.25) is 0 Å². The number of halogens is 1. The highest BCUT2D eigenvalue weighted by atomic mass is 19.1. The SMILES string of the molecule is Cc1cc(-c2[nH]c3ccc(C4CCN(C(C)CF)CC4)cc3c2C(C)C)ccn1. The maximum atomic E-state index is 13.0. The lowest BCUT2D eigenvalue weighted by atomic mass is 9.87. The maximum absolute atomic E-state index is 13.0. The van der Waals surface area contributed by atoms with Crippen LogP contribution in [0.5, 0.6) is 0 Å². The Bertz CT molecular complexity index is 983. The number of pyridine rings is 1. The second kappa shape index (κ2) is 8.27. The van der Waals surface area contributed by atoms with E-state index in [1.54, 1.807) is 0 Å². The van der Waals surface area contributed by atoms with Crippen molar-refractivity contribution in [3.63, 3.8) is 0 Å². The van der Waals surface area contributed by atoms with Gasteiger partial charge in [0.25, 0.3) is 0 Å². The fourth-order valence-electron chi connectivity index (χ4n) is 4.78. The number of benzene rings is 1. The summed E-state index contributed by atoms with van der Waals surface area (Å²) in [5, 5.41) is 1.33. The molecule has 154 valence electrons. The van der Waals surface area contributed by atoms with Crippen LogP contribution in [0.2, 0.25) is 0 Å². The van der Waals surface area contributed by atoms with Crippen LogP contribution in [0.15, 0.2) is 36.5 Å². The van der Waals surface area contributed by atoms with Crippen LogP contribution in [0.1, 0.15) is 62.3 Å². The lowest BCUT2D eigenvalue weighted by Gasteiger charge is -2.35. The Kier molecular flexibility index (Phi) is 5.73. The van der Waals surface area contributed by atoms with E-state index in [9.17, 15) is 4.39 Å². The van der Waals surface area contributed by atoms with Crippen LogP contribution in [0.3, 0.4) is 0 Å². The minimum absolute atomic E-state index is 0.0435. The molecule has 2 aromatic heterocycles. The number of fused-ring (bicyclic) bond motifs is 1. The highest BCUT2D eigenvalue weighted by Crippen LogP contribution is 2.38. The molecule has 1 atom stereocenters. The molecule has 1 aliphatic heterocycles. The van der Waals surface area contributed by atoms with E-state index in [1.165, 1.54) is 33.3 Å². The Hall–Kier alpha value is -2.20. The molecule has 1 saturated heterocycles. The Morgan fingerprint density at radius 1 is 1.14 bits per heavy atom. The number of hydrogen-bond acceptors (Lipinski definition) is 2. The van der Waals surface area contributed by atoms with E-state index in [1.807, 2.05) is 20.0 Å². The molecule has 4 rings (SSSR count). The predicted molar refractivity (Wildman–Crippen MR) is 119 cm³/mol. The molecule has 1 aromatic carbocycles. The number of aromatic amines is 1. The fraction of sp³-hybridized carbons (Fsp3) is 0.480. The summed E-state index contributed by atoms with van der Waals surface area (Å²) >= 11 is 0. The molecule has 0 spiro atoms. The first-order valence-corrected chi connectivity index (χ1v) is 10.9. The van der Waals surface area contributed by atoms with Crippen molar-refractivity contribution in [3.8, 4) is 11.3 Å². The summed E-state index contributed by atoms with van der Waals surface area (Å²) in [5.41, 5.74) is 7.45. The molecule has 3 aromatic rings. The summed E-state index contributed by atoms with van der Waals surface area (Å²) in [6.45, 7) is 10.3. The molecule has 0 bridgehead atoms. The van der Waals surface area contributed by atoms with Crippen molar-refractivity contribution in [1.82, 2.24) is 14.9 Å². The molecule has 1 N–H and O–H groups in total. The van der Waals surface area contributed by atoms with E-state index in [-0.39, 0.29) is 12.7 Å². The van der Waals surface area contributed by atoms with Crippen LogP contribution in [0.25, 0.3) is 22.2 Å². The number of piperidine rings is 1. The molecule has 0 aliphatic carbocycles. The molecule has 0 radical (unpaired) electrons. The van der Waals surface area contributed by atoms with Gasteiger partial charge in [-0.2, -0.15) is 0 Å². The number of nitrogens with one attached hydrogen (secondary N) is 1. The van der Waals surface area contributed by atoms with Crippen molar-refractivity contribution in [2.75, 3.05) is 19.8 Å². The molecule has 1 aliphatic rings. The zero-order valence-electron chi connectivity index (χ0n) is 18.0. The zero-order valence-corrected chi connectivity index (χ0v) is 18.0. The van der Waals surface area contributed by atoms with Gasteiger partial charge in [-0.15, -0.1) is 0 Å². The summed E-state index contributed by atoms with van der Waals surface area (Å²) in [7, 11) is 0. The van der Waals surface area contributed by atoms with Gasteiger partial charge in [-0.3, -0.25) is 9.88 Å². The van der Waals surface area contributed by atoms with Crippen molar-refractivity contribution in [3.05, 3.63) is 53.3 Å². The Balaban J connectivity index is 1.68. The van der Waals surface area contributed by atoms with E-state index in [0.29, 0.717) is 11.8 Å². The molecule has 4 heteroatoms. The highest BCUT2D eigenvalue weighted by molar-refractivity contribution is 5.92. The van der Waals surface area contributed by atoms with E-state index in [4.69, 9.17) is 0 Å². The standard InChI is InChI=1S/C25H32FN3/c1-16(2)24-22-14-20(19-8-11-29(12-9-19)18(4)15-26)5-6-23(22)28-25(24)21-7-10-27-17(3)13-21/h5-7,10,13-14,16,18-19,28H,8-9,11-12,15H2,1-4H3. The molecular weight excluding hydrogens is 361 g/mol. The number of nitrogens with zero attached hydrogens (tertiary/aromatic N) is 2. The number of aryl methyl sites for hydroxylation is 1. The second-order valence-corrected chi connectivity index (χ2v) is 8.87. The van der Waals surface area contributed by atoms with Gasteiger partial charge in [0.05, 0.1) is 5.69 Å². The normalized spacial score (nSPS) is 17.3. The number of rotatable bonds is 5. The highest BCUT2D eigenvalue weighted by Gasteiger charge is 2.25. The van der Waals surface area contributed by atoms with Gasteiger partial charge in [0.15, 0.2) is 0 Å². The quantitative estimate of drug-likeness (QED) is 0.560. The summed E-state index contributed by atoms with van der Waals surface area (Å²) in [6.07, 6.45) is 4.10. The third-order valence-corrected chi connectivity index (χ3v) is 6.47. The molecule has 3 nitrogen and oxygen atoms in total. The van der Waals surface area contributed by atoms with Crippen LogP contribution >= 0.6 is 0 Å². The van der Waals surface area contributed by atoms with Crippen molar-refractivity contribution in [1.29, 1.82) is 0 Å². The Morgan fingerprint density at radius 2 is 1.90 bits per heavy atom. The average Bonchev–Trinajstić information content (AvgIpc) is 3.12. The van der Waals surface area contributed by atoms with Gasteiger partial charge in [-0.1, -0.05) is 19.9 Å². The van der Waals surface area contributed by atoms with E-state index in [2.05, 4.69) is 59.0 Å². The van der Waals surface area contributed by atoms with Crippen molar-refractivity contribution in [2.45, 2.75) is 58.4 Å². The van der Waals surface area contributed by atoms with Crippen molar-refractivity contribution < 1.29 is 4.39 Å².